The highest BCUT2D eigenvalue weighted by Gasteiger charge is 2.50. The van der Waals surface area contributed by atoms with Gasteiger partial charge in [-0.3, -0.25) is 0 Å². The highest BCUT2D eigenvalue weighted by atomic mass is 32.2. The van der Waals surface area contributed by atoms with Gasteiger partial charge in [-0.15, -0.1) is 0 Å². The number of hydrogen-bond acceptors (Lipinski definition) is 4. The molecule has 118 valence electrons. The summed E-state index contributed by atoms with van der Waals surface area (Å²) in [6, 6.07) is 8.13. The minimum absolute atomic E-state index is 0.368. The fraction of sp³-hybridized carbons (Fsp3) is 0.625. The topological polar surface area (TPSA) is 63.4 Å². The second-order valence-electron chi connectivity index (χ2n) is 6.05. The third kappa shape index (κ3) is 2.81. The number of benzene rings is 1. The molecular formula is C16H26N2O2S. The van der Waals surface area contributed by atoms with Crippen LogP contribution in [0.3, 0.4) is 0 Å². The standard InChI is InChI=1S/C16H26N2O2S/c1-4-18(14-9-6-5-8-13(14)2)16(12-17)11-7-10-15(16)21(3,19)20/h5-6,8-9,15H,4,7,10-12,17H2,1-3H3. The lowest BCUT2D eigenvalue weighted by Crippen LogP contribution is -2.61. The van der Waals surface area contributed by atoms with Gasteiger partial charge in [0.25, 0.3) is 0 Å². The summed E-state index contributed by atoms with van der Waals surface area (Å²) in [5, 5.41) is -0.380. The van der Waals surface area contributed by atoms with Crippen LogP contribution in [0.15, 0.2) is 24.3 Å². The Labute approximate surface area is 128 Å². The Morgan fingerprint density at radius 1 is 1.38 bits per heavy atom. The van der Waals surface area contributed by atoms with Gasteiger partial charge < -0.3 is 10.6 Å². The normalized spacial score (nSPS) is 26.0. The number of anilines is 1. The van der Waals surface area contributed by atoms with E-state index in [-0.39, 0.29) is 5.25 Å². The van der Waals surface area contributed by atoms with Gasteiger partial charge in [0.15, 0.2) is 9.84 Å². The molecular weight excluding hydrogens is 284 g/mol. The number of nitrogens with zero attached hydrogens (tertiary/aromatic N) is 1. The number of aryl methyl sites for hydroxylation is 1. The van der Waals surface area contributed by atoms with Gasteiger partial charge in [-0.2, -0.15) is 0 Å². The average molecular weight is 310 g/mol. The maximum absolute atomic E-state index is 12.3. The van der Waals surface area contributed by atoms with E-state index in [9.17, 15) is 8.42 Å². The van der Waals surface area contributed by atoms with Crippen LogP contribution >= 0.6 is 0 Å². The SMILES string of the molecule is CCN(c1ccccc1C)C1(CN)CCCC1S(C)(=O)=O. The van der Waals surface area contributed by atoms with E-state index in [2.05, 4.69) is 30.9 Å². The lowest BCUT2D eigenvalue weighted by atomic mass is 9.93. The van der Waals surface area contributed by atoms with Crippen LogP contribution in [0, 0.1) is 6.92 Å². The molecule has 0 radical (unpaired) electrons. The van der Waals surface area contributed by atoms with Crippen LogP contribution in [-0.2, 0) is 9.84 Å². The van der Waals surface area contributed by atoms with Crippen LogP contribution in [-0.4, -0.2) is 38.6 Å². The number of rotatable bonds is 5. The number of hydrogen-bond donors (Lipinski definition) is 1. The van der Waals surface area contributed by atoms with E-state index < -0.39 is 15.4 Å². The van der Waals surface area contributed by atoms with Crippen molar-refractivity contribution in [3.8, 4) is 0 Å². The predicted molar refractivity (Wildman–Crippen MR) is 88.5 cm³/mol. The minimum atomic E-state index is -3.12. The molecule has 0 spiro atoms. The van der Waals surface area contributed by atoms with Gasteiger partial charge in [0.1, 0.15) is 0 Å². The fourth-order valence-electron chi connectivity index (χ4n) is 3.88. The number of nitrogens with two attached hydrogens (primary N) is 1. The first-order chi connectivity index (χ1) is 9.86. The van der Waals surface area contributed by atoms with Crippen molar-refractivity contribution >= 4 is 15.5 Å². The van der Waals surface area contributed by atoms with Crippen molar-refractivity contribution in [3.63, 3.8) is 0 Å². The summed E-state index contributed by atoms with van der Waals surface area (Å²) in [4.78, 5) is 2.22. The molecule has 0 heterocycles. The molecule has 5 heteroatoms. The van der Waals surface area contributed by atoms with Gasteiger partial charge in [0.2, 0.25) is 0 Å². The third-order valence-electron chi connectivity index (χ3n) is 4.81. The van der Waals surface area contributed by atoms with Crippen molar-refractivity contribution in [1.29, 1.82) is 0 Å². The minimum Gasteiger partial charge on any atom is -0.363 e. The van der Waals surface area contributed by atoms with E-state index in [0.717, 1.165) is 30.6 Å². The predicted octanol–water partition coefficient (Wildman–Crippen LogP) is 2.12. The van der Waals surface area contributed by atoms with E-state index >= 15 is 0 Å². The molecule has 2 unspecified atom stereocenters. The summed E-state index contributed by atoms with van der Waals surface area (Å²) in [5.41, 5.74) is 7.89. The smallest absolute Gasteiger partial charge is 0.152 e. The van der Waals surface area contributed by atoms with E-state index in [1.54, 1.807) is 0 Å². The van der Waals surface area contributed by atoms with Gasteiger partial charge >= 0.3 is 0 Å². The maximum atomic E-state index is 12.3. The molecule has 4 nitrogen and oxygen atoms in total. The highest BCUT2D eigenvalue weighted by Crippen LogP contribution is 2.41. The summed E-state index contributed by atoms with van der Waals surface area (Å²) < 4.78 is 24.5. The molecule has 1 aliphatic carbocycles. The maximum Gasteiger partial charge on any atom is 0.152 e. The Morgan fingerprint density at radius 2 is 2.05 bits per heavy atom. The molecule has 1 fully saturated rings. The number of likely N-dealkylation sites (N-methyl/N-ethyl adjacent to an activating group) is 1. The Kier molecular flexibility index (Phi) is 4.63. The van der Waals surface area contributed by atoms with E-state index in [0.29, 0.717) is 13.0 Å². The molecule has 21 heavy (non-hydrogen) atoms. The van der Waals surface area contributed by atoms with Crippen molar-refractivity contribution in [2.45, 2.75) is 43.9 Å². The summed E-state index contributed by atoms with van der Waals surface area (Å²) in [6.07, 6.45) is 3.80. The van der Waals surface area contributed by atoms with Gasteiger partial charge in [-0.25, -0.2) is 8.42 Å². The molecule has 2 N–H and O–H groups in total. The molecule has 1 aromatic rings. The van der Waals surface area contributed by atoms with Crippen LogP contribution in [0.2, 0.25) is 0 Å². The molecule has 0 aliphatic heterocycles. The molecule has 1 aliphatic rings. The van der Waals surface area contributed by atoms with Gasteiger partial charge in [-0.05, 0) is 44.7 Å². The quantitative estimate of drug-likeness (QED) is 0.905. The van der Waals surface area contributed by atoms with Crippen molar-refractivity contribution in [1.82, 2.24) is 0 Å². The molecule has 0 bridgehead atoms. The van der Waals surface area contributed by atoms with E-state index in [1.165, 1.54) is 6.26 Å². The van der Waals surface area contributed by atoms with Crippen molar-refractivity contribution in [3.05, 3.63) is 29.8 Å². The lowest BCUT2D eigenvalue weighted by Gasteiger charge is -2.46. The second kappa shape index (κ2) is 5.97. The fourth-order valence-corrected chi connectivity index (χ4v) is 5.61. The van der Waals surface area contributed by atoms with E-state index in [4.69, 9.17) is 5.73 Å². The van der Waals surface area contributed by atoms with Gasteiger partial charge in [0.05, 0.1) is 10.8 Å². The van der Waals surface area contributed by atoms with Crippen LogP contribution in [0.25, 0.3) is 0 Å². The lowest BCUT2D eigenvalue weighted by molar-refractivity contribution is 0.405. The van der Waals surface area contributed by atoms with Crippen LogP contribution < -0.4 is 10.6 Å². The molecule has 2 atom stereocenters. The Morgan fingerprint density at radius 3 is 2.57 bits per heavy atom. The number of para-hydroxylation sites is 1. The molecule has 0 saturated heterocycles. The first-order valence-corrected chi connectivity index (χ1v) is 9.54. The zero-order chi connectivity index (χ0) is 15.7. The summed E-state index contributed by atoms with van der Waals surface area (Å²) >= 11 is 0. The number of sulfone groups is 1. The van der Waals surface area contributed by atoms with Gasteiger partial charge in [0, 0.05) is 25.0 Å². The molecule has 2 rings (SSSR count). The second-order valence-corrected chi connectivity index (χ2v) is 8.28. The first kappa shape index (κ1) is 16.3. The van der Waals surface area contributed by atoms with Crippen molar-refractivity contribution in [2.75, 3.05) is 24.2 Å². The average Bonchev–Trinajstić information content (AvgIpc) is 2.87. The monoisotopic (exact) mass is 310 g/mol. The van der Waals surface area contributed by atoms with Crippen molar-refractivity contribution < 1.29 is 8.42 Å². The van der Waals surface area contributed by atoms with E-state index in [1.807, 2.05) is 12.1 Å². The van der Waals surface area contributed by atoms with Crippen LogP contribution in [0.5, 0.6) is 0 Å². The molecule has 0 amide bonds. The molecule has 1 saturated carbocycles. The largest absolute Gasteiger partial charge is 0.363 e. The van der Waals surface area contributed by atoms with Crippen LogP contribution in [0.4, 0.5) is 5.69 Å². The zero-order valence-electron chi connectivity index (χ0n) is 13.2. The van der Waals surface area contributed by atoms with Crippen LogP contribution in [0.1, 0.15) is 31.7 Å². The Balaban J connectivity index is 2.54. The molecule has 0 aromatic heterocycles. The first-order valence-electron chi connectivity index (χ1n) is 7.59. The summed E-state index contributed by atoms with van der Waals surface area (Å²) in [7, 11) is -3.12. The Bertz CT molecular complexity index is 600. The molecule has 1 aromatic carbocycles. The van der Waals surface area contributed by atoms with Crippen molar-refractivity contribution in [2.24, 2.45) is 5.73 Å². The zero-order valence-corrected chi connectivity index (χ0v) is 14.0. The summed E-state index contributed by atoms with van der Waals surface area (Å²) in [6.45, 7) is 5.26. The summed E-state index contributed by atoms with van der Waals surface area (Å²) in [5.74, 6) is 0. The third-order valence-corrected chi connectivity index (χ3v) is 6.51. The Hall–Kier alpha value is -1.07. The highest BCUT2D eigenvalue weighted by molar-refractivity contribution is 7.91. The van der Waals surface area contributed by atoms with Gasteiger partial charge in [-0.1, -0.05) is 18.2 Å².